The number of thioether (sulfide) groups is 1. The van der Waals surface area contributed by atoms with E-state index in [2.05, 4.69) is 10.3 Å². The molecule has 1 aromatic carbocycles. The zero-order valence-electron chi connectivity index (χ0n) is 14.8. The molecule has 1 N–H and O–H groups in total. The van der Waals surface area contributed by atoms with E-state index in [0.717, 1.165) is 28.7 Å². The molecule has 9 heteroatoms. The van der Waals surface area contributed by atoms with Crippen molar-refractivity contribution in [2.24, 2.45) is 4.99 Å². The number of nitro groups is 1. The summed E-state index contributed by atoms with van der Waals surface area (Å²) in [6.07, 6.45) is 1.71. The van der Waals surface area contributed by atoms with Gasteiger partial charge in [-0.05, 0) is 49.4 Å². The van der Waals surface area contributed by atoms with Crippen molar-refractivity contribution in [3.05, 3.63) is 62.3 Å². The number of nitro benzene ring substituents is 1. The Kier molecular flexibility index (Phi) is 4.95. The summed E-state index contributed by atoms with van der Waals surface area (Å²) < 4.78 is 1.89. The Morgan fingerprint density at radius 2 is 2.07 bits per heavy atom. The van der Waals surface area contributed by atoms with E-state index in [9.17, 15) is 19.7 Å². The summed E-state index contributed by atoms with van der Waals surface area (Å²) in [4.78, 5) is 38.0. The summed E-state index contributed by atoms with van der Waals surface area (Å²) in [6.45, 7) is 5.11. The Hall–Kier alpha value is -3.20. The lowest BCUT2D eigenvalue weighted by atomic mass is 10.2. The van der Waals surface area contributed by atoms with Gasteiger partial charge in [0.1, 0.15) is 0 Å². The number of amides is 2. The zero-order chi connectivity index (χ0) is 19.7. The van der Waals surface area contributed by atoms with Crippen molar-refractivity contribution in [3.8, 4) is 5.69 Å². The molecule has 8 nitrogen and oxygen atoms in total. The fraction of sp³-hybridized carbons (Fsp3) is 0.167. The summed E-state index contributed by atoms with van der Waals surface area (Å²) >= 11 is 1.10. The Balaban J connectivity index is 1.96. The molecule has 27 heavy (non-hydrogen) atoms. The Morgan fingerprint density at radius 1 is 1.33 bits per heavy atom. The number of benzene rings is 1. The molecule has 0 bridgehead atoms. The SMILES string of the molecule is CC(=O)NC1=NC(=O)C(=Cc2cc(C)n(-c3cccc([N+](=O)[O-])c3)c2C)S1. The number of hydrogen-bond donors (Lipinski definition) is 1. The van der Waals surface area contributed by atoms with E-state index in [-0.39, 0.29) is 16.8 Å². The van der Waals surface area contributed by atoms with Crippen LogP contribution in [0, 0.1) is 24.0 Å². The van der Waals surface area contributed by atoms with Crippen LogP contribution in [-0.2, 0) is 9.59 Å². The lowest BCUT2D eigenvalue weighted by Crippen LogP contribution is -2.23. The van der Waals surface area contributed by atoms with Gasteiger partial charge in [0.15, 0.2) is 5.17 Å². The third-order valence-electron chi connectivity index (χ3n) is 3.96. The minimum absolute atomic E-state index is 0.00906. The van der Waals surface area contributed by atoms with Gasteiger partial charge in [-0.15, -0.1) is 0 Å². The Labute approximate surface area is 159 Å². The van der Waals surface area contributed by atoms with E-state index in [1.807, 2.05) is 24.5 Å². The maximum atomic E-state index is 12.1. The van der Waals surface area contributed by atoms with Crippen molar-refractivity contribution < 1.29 is 14.5 Å². The van der Waals surface area contributed by atoms with Crippen molar-refractivity contribution in [3.63, 3.8) is 0 Å². The minimum atomic E-state index is -0.435. The van der Waals surface area contributed by atoms with Gasteiger partial charge in [0.05, 0.1) is 15.5 Å². The first-order chi connectivity index (χ1) is 12.8. The molecule has 0 fully saturated rings. The fourth-order valence-electron chi connectivity index (χ4n) is 2.83. The second kappa shape index (κ2) is 7.20. The van der Waals surface area contributed by atoms with Gasteiger partial charge in [0.2, 0.25) is 5.91 Å². The van der Waals surface area contributed by atoms with Crippen LogP contribution in [0.1, 0.15) is 23.9 Å². The van der Waals surface area contributed by atoms with Crippen LogP contribution in [0.15, 0.2) is 40.2 Å². The molecule has 0 saturated carbocycles. The number of carbonyl (C=O) groups is 2. The highest BCUT2D eigenvalue weighted by molar-refractivity contribution is 8.18. The van der Waals surface area contributed by atoms with Crippen LogP contribution in [0.4, 0.5) is 5.69 Å². The topological polar surface area (TPSA) is 107 Å². The molecule has 138 valence electrons. The highest BCUT2D eigenvalue weighted by Crippen LogP contribution is 2.30. The molecule has 1 aliphatic rings. The monoisotopic (exact) mass is 384 g/mol. The molecule has 0 saturated heterocycles. The first kappa shape index (κ1) is 18.6. The third-order valence-corrected chi connectivity index (χ3v) is 4.86. The van der Waals surface area contributed by atoms with Gasteiger partial charge in [-0.3, -0.25) is 19.7 Å². The van der Waals surface area contributed by atoms with Crippen LogP contribution < -0.4 is 5.32 Å². The van der Waals surface area contributed by atoms with E-state index in [4.69, 9.17) is 0 Å². The number of nitrogens with zero attached hydrogens (tertiary/aromatic N) is 3. The number of nitrogens with one attached hydrogen (secondary N) is 1. The molecular weight excluding hydrogens is 368 g/mol. The van der Waals surface area contributed by atoms with Crippen LogP contribution in [-0.4, -0.2) is 26.5 Å². The predicted octanol–water partition coefficient (Wildman–Crippen LogP) is 3.11. The molecule has 2 aromatic rings. The number of carbonyl (C=O) groups excluding carboxylic acids is 2. The summed E-state index contributed by atoms with van der Waals surface area (Å²) in [5.74, 6) is -0.706. The molecule has 0 spiro atoms. The van der Waals surface area contributed by atoms with Gasteiger partial charge in [0, 0.05) is 30.4 Å². The average Bonchev–Trinajstić information content (AvgIpc) is 3.06. The summed E-state index contributed by atoms with van der Waals surface area (Å²) in [6, 6.07) is 8.26. The van der Waals surface area contributed by atoms with Crippen LogP contribution in [0.25, 0.3) is 11.8 Å². The van der Waals surface area contributed by atoms with Crippen molar-refractivity contribution >= 4 is 40.5 Å². The smallest absolute Gasteiger partial charge is 0.286 e. The first-order valence-corrected chi connectivity index (χ1v) is 8.82. The minimum Gasteiger partial charge on any atom is -0.318 e. The van der Waals surface area contributed by atoms with Crippen molar-refractivity contribution in [1.82, 2.24) is 9.88 Å². The number of aryl methyl sites for hydroxylation is 1. The number of hydrogen-bond acceptors (Lipinski definition) is 5. The maximum Gasteiger partial charge on any atom is 0.286 e. The Bertz CT molecular complexity index is 1040. The van der Waals surface area contributed by atoms with E-state index >= 15 is 0 Å². The molecule has 0 aliphatic carbocycles. The molecular formula is C18H16N4O4S. The van der Waals surface area contributed by atoms with Crippen molar-refractivity contribution in [1.29, 1.82) is 0 Å². The molecule has 1 aliphatic heterocycles. The van der Waals surface area contributed by atoms with Gasteiger partial charge in [0.25, 0.3) is 11.6 Å². The lowest BCUT2D eigenvalue weighted by Gasteiger charge is -2.09. The second-order valence-corrected chi connectivity index (χ2v) is 6.98. The number of aliphatic imine (C=N–C) groups is 1. The number of rotatable bonds is 3. The molecule has 2 amide bonds. The summed E-state index contributed by atoms with van der Waals surface area (Å²) in [5, 5.41) is 13.8. The normalized spacial score (nSPS) is 15.1. The summed E-state index contributed by atoms with van der Waals surface area (Å²) in [7, 11) is 0. The predicted molar refractivity (Wildman–Crippen MR) is 104 cm³/mol. The van der Waals surface area contributed by atoms with Gasteiger partial charge in [-0.2, -0.15) is 4.99 Å². The highest BCUT2D eigenvalue weighted by atomic mass is 32.2. The van der Waals surface area contributed by atoms with E-state index < -0.39 is 10.8 Å². The quantitative estimate of drug-likeness (QED) is 0.497. The largest absolute Gasteiger partial charge is 0.318 e. The molecule has 0 radical (unpaired) electrons. The van der Waals surface area contributed by atoms with Crippen LogP contribution >= 0.6 is 11.8 Å². The van der Waals surface area contributed by atoms with Crippen LogP contribution in [0.2, 0.25) is 0 Å². The number of aromatic nitrogens is 1. The average molecular weight is 384 g/mol. The fourth-order valence-corrected chi connectivity index (χ4v) is 3.68. The van der Waals surface area contributed by atoms with Gasteiger partial charge in [-0.25, -0.2) is 0 Å². The van der Waals surface area contributed by atoms with Gasteiger partial charge in [-0.1, -0.05) is 6.07 Å². The molecule has 2 heterocycles. The van der Waals surface area contributed by atoms with Crippen molar-refractivity contribution in [2.75, 3.05) is 0 Å². The third kappa shape index (κ3) is 3.82. The van der Waals surface area contributed by atoms with E-state index in [0.29, 0.717) is 10.6 Å². The molecule has 0 unspecified atom stereocenters. The van der Waals surface area contributed by atoms with Crippen LogP contribution in [0.3, 0.4) is 0 Å². The Morgan fingerprint density at radius 3 is 2.74 bits per heavy atom. The molecule has 3 rings (SSSR count). The number of amidine groups is 1. The first-order valence-electron chi connectivity index (χ1n) is 8.00. The van der Waals surface area contributed by atoms with Gasteiger partial charge >= 0.3 is 0 Å². The highest BCUT2D eigenvalue weighted by Gasteiger charge is 2.23. The zero-order valence-corrected chi connectivity index (χ0v) is 15.7. The molecule has 0 atom stereocenters. The van der Waals surface area contributed by atoms with Gasteiger partial charge < -0.3 is 9.88 Å². The maximum absolute atomic E-state index is 12.1. The number of non-ortho nitro benzene ring substituents is 1. The summed E-state index contributed by atoms with van der Waals surface area (Å²) in [5.41, 5.74) is 3.19. The lowest BCUT2D eigenvalue weighted by molar-refractivity contribution is -0.384. The van der Waals surface area contributed by atoms with E-state index in [1.54, 1.807) is 18.2 Å². The van der Waals surface area contributed by atoms with Crippen molar-refractivity contribution in [2.45, 2.75) is 20.8 Å². The molecule has 1 aromatic heterocycles. The second-order valence-electron chi connectivity index (χ2n) is 5.95. The standard InChI is InChI=1S/C18H16N4O4S/c1-10-7-13(8-16-17(24)20-18(27-16)19-12(3)23)11(2)21(10)14-5-4-6-15(9-14)22(25)26/h4-9H,1-3H3,(H,19,20,23,24). The van der Waals surface area contributed by atoms with Crippen LogP contribution in [0.5, 0.6) is 0 Å². The van der Waals surface area contributed by atoms with E-state index in [1.165, 1.54) is 19.1 Å².